The van der Waals surface area contributed by atoms with Gasteiger partial charge in [-0.25, -0.2) is 9.59 Å². The maximum Gasteiger partial charge on any atom is 0.410 e. The number of nitrogens with one attached hydrogen (secondary N) is 2. The van der Waals surface area contributed by atoms with E-state index in [9.17, 15) is 19.2 Å². The average molecular weight is 743 g/mol. The summed E-state index contributed by atoms with van der Waals surface area (Å²) in [5.41, 5.74) is 4.88. The number of rotatable bonds is 11. The smallest absolute Gasteiger partial charge is 0.410 e. The summed E-state index contributed by atoms with van der Waals surface area (Å²) >= 11 is 7.06. The quantitative estimate of drug-likeness (QED) is 0.145. The van der Waals surface area contributed by atoms with Gasteiger partial charge in [-0.15, -0.1) is 0 Å². The lowest BCUT2D eigenvalue weighted by atomic mass is 9.97. The van der Waals surface area contributed by atoms with E-state index in [1.807, 2.05) is 37.3 Å². The summed E-state index contributed by atoms with van der Waals surface area (Å²) in [6.07, 6.45) is 2.63. The van der Waals surface area contributed by atoms with E-state index in [1.54, 1.807) is 63.2 Å². The second-order valence-corrected chi connectivity index (χ2v) is 14.2. The van der Waals surface area contributed by atoms with Crippen LogP contribution in [-0.2, 0) is 22.6 Å². The average Bonchev–Trinajstić information content (AvgIpc) is 3.53. The maximum absolute atomic E-state index is 13.3. The number of aromatic nitrogens is 2. The highest BCUT2D eigenvalue weighted by Gasteiger charge is 2.29. The Balaban J connectivity index is 1.37. The van der Waals surface area contributed by atoms with E-state index in [-0.39, 0.29) is 37.3 Å². The predicted octanol–water partition coefficient (Wildman–Crippen LogP) is 7.16. The van der Waals surface area contributed by atoms with Crippen LogP contribution in [0.4, 0.5) is 15.3 Å². The van der Waals surface area contributed by atoms with Gasteiger partial charge in [-0.1, -0.05) is 41.9 Å². The molecule has 53 heavy (non-hydrogen) atoms. The number of pyridine rings is 2. The van der Waals surface area contributed by atoms with Crippen molar-refractivity contribution in [3.8, 4) is 28.1 Å². The van der Waals surface area contributed by atoms with Crippen LogP contribution in [0.5, 0.6) is 5.75 Å². The monoisotopic (exact) mass is 742 g/mol. The SMILES string of the molecule is COc1cc(-c2nccc(-c3cccc(NC(=O)c4ccc(CN(C)C(=O)O)cn4)c3C)c2Cl)ccc1CN(C[C@@H]1CCC(=O)N1)C(=O)OC(C)(C)C. The summed E-state index contributed by atoms with van der Waals surface area (Å²) in [6, 6.07) is 15.9. The highest BCUT2D eigenvalue weighted by molar-refractivity contribution is 6.35. The van der Waals surface area contributed by atoms with Crippen LogP contribution in [0.2, 0.25) is 5.02 Å². The van der Waals surface area contributed by atoms with Gasteiger partial charge in [-0.2, -0.15) is 0 Å². The number of halogens is 1. The van der Waals surface area contributed by atoms with Gasteiger partial charge in [0.25, 0.3) is 5.91 Å². The number of ether oxygens (including phenoxy) is 2. The van der Waals surface area contributed by atoms with Crippen molar-refractivity contribution in [2.45, 2.75) is 65.3 Å². The van der Waals surface area contributed by atoms with Crippen molar-refractivity contribution in [3.05, 3.63) is 94.4 Å². The molecule has 278 valence electrons. The molecule has 1 atom stereocenters. The zero-order valence-electron chi connectivity index (χ0n) is 30.5. The second kappa shape index (κ2) is 16.3. The van der Waals surface area contributed by atoms with E-state index in [0.29, 0.717) is 51.7 Å². The minimum absolute atomic E-state index is 0.0386. The number of benzene rings is 2. The molecular weight excluding hydrogens is 700 g/mol. The normalized spacial score (nSPS) is 13.9. The van der Waals surface area contributed by atoms with Crippen LogP contribution in [-0.4, -0.2) is 81.2 Å². The van der Waals surface area contributed by atoms with E-state index in [1.165, 1.54) is 13.2 Å². The molecule has 3 heterocycles. The van der Waals surface area contributed by atoms with Gasteiger partial charge in [-0.3, -0.25) is 19.6 Å². The molecule has 0 unspecified atom stereocenters. The molecule has 5 rings (SSSR count). The van der Waals surface area contributed by atoms with Gasteiger partial charge >= 0.3 is 12.2 Å². The van der Waals surface area contributed by atoms with Crippen molar-refractivity contribution < 1.29 is 33.8 Å². The molecule has 4 aromatic rings. The van der Waals surface area contributed by atoms with Crippen LogP contribution >= 0.6 is 11.6 Å². The van der Waals surface area contributed by atoms with E-state index in [0.717, 1.165) is 21.6 Å². The third-order valence-corrected chi connectivity index (χ3v) is 9.05. The van der Waals surface area contributed by atoms with Crippen LogP contribution in [0.25, 0.3) is 22.4 Å². The van der Waals surface area contributed by atoms with Gasteiger partial charge in [0.15, 0.2) is 0 Å². The van der Waals surface area contributed by atoms with Crippen LogP contribution < -0.4 is 15.4 Å². The van der Waals surface area contributed by atoms with E-state index in [4.69, 9.17) is 26.2 Å². The number of carboxylic acid groups (broad SMARTS) is 1. The molecule has 1 aliphatic heterocycles. The Morgan fingerprint density at radius 2 is 1.83 bits per heavy atom. The minimum Gasteiger partial charge on any atom is -0.496 e. The van der Waals surface area contributed by atoms with Gasteiger partial charge in [0, 0.05) is 60.8 Å². The van der Waals surface area contributed by atoms with Gasteiger partial charge in [0.05, 0.1) is 30.9 Å². The van der Waals surface area contributed by atoms with Gasteiger partial charge in [0.1, 0.15) is 17.0 Å². The Bertz CT molecular complexity index is 2010. The molecule has 2 aromatic heterocycles. The molecular formula is C39H43ClN6O7. The predicted molar refractivity (Wildman–Crippen MR) is 201 cm³/mol. The maximum atomic E-state index is 13.3. The highest BCUT2D eigenvalue weighted by Crippen LogP contribution is 2.39. The number of hydrogen-bond acceptors (Lipinski definition) is 8. The largest absolute Gasteiger partial charge is 0.496 e. The lowest BCUT2D eigenvalue weighted by molar-refractivity contribution is -0.119. The molecule has 0 radical (unpaired) electrons. The topological polar surface area (TPSA) is 163 Å². The molecule has 14 heteroatoms. The molecule has 4 amide bonds. The molecule has 1 aliphatic rings. The molecule has 0 spiro atoms. The van der Waals surface area contributed by atoms with Gasteiger partial charge in [-0.05, 0) is 75.1 Å². The first kappa shape index (κ1) is 38.5. The van der Waals surface area contributed by atoms with E-state index < -0.39 is 23.7 Å². The summed E-state index contributed by atoms with van der Waals surface area (Å²) < 4.78 is 11.5. The molecule has 2 aromatic carbocycles. The fraction of sp³-hybridized carbons (Fsp3) is 0.333. The third-order valence-electron chi connectivity index (χ3n) is 8.66. The van der Waals surface area contributed by atoms with Crippen molar-refractivity contribution in [1.29, 1.82) is 0 Å². The second-order valence-electron chi connectivity index (χ2n) is 13.8. The molecule has 0 bridgehead atoms. The third kappa shape index (κ3) is 9.60. The first-order chi connectivity index (χ1) is 25.1. The standard InChI is InChI=1S/C39H43ClN6O7/c1-23-28(8-7-9-30(23)44-36(48)31-14-10-24(19-42-31)20-45(5)37(49)50)29-16-17-41-35(34(29)40)25-11-12-26(32(18-25)52-6)21-46(38(51)53-39(2,3)4)22-27-13-15-33(47)43-27/h7-12,14,16-19,27H,13,15,20-22H2,1-6H3,(H,43,47)(H,44,48)(H,49,50)/t27-/m0/s1. The minimum atomic E-state index is -1.06. The van der Waals surface area contributed by atoms with E-state index in [2.05, 4.69) is 20.6 Å². The zero-order chi connectivity index (χ0) is 38.4. The Morgan fingerprint density at radius 1 is 1.06 bits per heavy atom. The lowest BCUT2D eigenvalue weighted by Gasteiger charge is -2.29. The number of nitrogens with zero attached hydrogens (tertiary/aromatic N) is 4. The summed E-state index contributed by atoms with van der Waals surface area (Å²) in [7, 11) is 3.00. The first-order valence-corrected chi connectivity index (χ1v) is 17.4. The number of carbonyl (C=O) groups is 4. The zero-order valence-corrected chi connectivity index (χ0v) is 31.3. The highest BCUT2D eigenvalue weighted by atomic mass is 35.5. The molecule has 3 N–H and O–H groups in total. The number of anilines is 1. The summed E-state index contributed by atoms with van der Waals surface area (Å²) in [5.74, 6) is 0.0600. The van der Waals surface area contributed by atoms with Crippen molar-refractivity contribution in [2.24, 2.45) is 0 Å². The first-order valence-electron chi connectivity index (χ1n) is 17.0. The summed E-state index contributed by atoms with van der Waals surface area (Å²) in [6.45, 7) is 7.91. The van der Waals surface area contributed by atoms with Crippen LogP contribution in [0, 0.1) is 6.92 Å². The van der Waals surface area contributed by atoms with Crippen LogP contribution in [0.1, 0.15) is 60.8 Å². The Labute approximate surface area is 313 Å². The van der Waals surface area contributed by atoms with Crippen molar-refractivity contribution >= 4 is 41.3 Å². The van der Waals surface area contributed by atoms with Gasteiger partial charge < -0.3 is 35.0 Å². The summed E-state index contributed by atoms with van der Waals surface area (Å²) in [5, 5.41) is 15.4. The van der Waals surface area contributed by atoms with Crippen LogP contribution in [0.3, 0.4) is 0 Å². The number of hydrogen-bond donors (Lipinski definition) is 3. The number of amides is 4. The van der Waals surface area contributed by atoms with E-state index >= 15 is 0 Å². The molecule has 0 saturated carbocycles. The molecule has 13 nitrogen and oxygen atoms in total. The molecule has 1 fully saturated rings. The fourth-order valence-electron chi connectivity index (χ4n) is 5.93. The van der Waals surface area contributed by atoms with Crippen molar-refractivity contribution in [3.63, 3.8) is 0 Å². The number of methoxy groups -OCH3 is 1. The summed E-state index contributed by atoms with van der Waals surface area (Å²) in [4.78, 5) is 60.9. The van der Waals surface area contributed by atoms with Crippen molar-refractivity contribution in [2.75, 3.05) is 26.0 Å². The molecule has 1 saturated heterocycles. The van der Waals surface area contributed by atoms with Gasteiger partial charge in [0.2, 0.25) is 5.91 Å². The Morgan fingerprint density at radius 3 is 2.47 bits per heavy atom. The number of carbonyl (C=O) groups excluding carboxylic acids is 3. The Kier molecular flexibility index (Phi) is 11.9. The molecule has 0 aliphatic carbocycles. The van der Waals surface area contributed by atoms with Crippen LogP contribution in [0.15, 0.2) is 67.0 Å². The fourth-order valence-corrected chi connectivity index (χ4v) is 6.26. The van der Waals surface area contributed by atoms with Crippen molar-refractivity contribution in [1.82, 2.24) is 25.1 Å². The lowest BCUT2D eigenvalue weighted by Crippen LogP contribution is -2.43. The Hall–Kier alpha value is -5.69.